The van der Waals surface area contributed by atoms with Crippen LogP contribution >= 0.6 is 0 Å². The lowest BCUT2D eigenvalue weighted by molar-refractivity contribution is -0.124. The highest BCUT2D eigenvalue weighted by molar-refractivity contribution is 6.08. The second-order valence-electron chi connectivity index (χ2n) is 6.07. The molecule has 1 aromatic rings. The molecule has 0 N–H and O–H groups in total. The summed E-state index contributed by atoms with van der Waals surface area (Å²) in [5.41, 5.74) is 2.38. The zero-order chi connectivity index (χ0) is 12.2. The summed E-state index contributed by atoms with van der Waals surface area (Å²) in [6.45, 7) is 0. The van der Waals surface area contributed by atoms with Gasteiger partial charge in [0.25, 0.3) is 0 Å². The van der Waals surface area contributed by atoms with Gasteiger partial charge in [-0.25, -0.2) is 0 Å². The average Bonchev–Trinajstić information content (AvgIpc) is 3.22. The summed E-state index contributed by atoms with van der Waals surface area (Å²) in [4.78, 5) is 15.1. The molecule has 2 aliphatic carbocycles. The molecule has 1 heterocycles. The third-order valence-corrected chi connectivity index (χ3v) is 4.93. The number of anilines is 1. The minimum atomic E-state index is -0.155. The molecule has 2 heteroatoms. The van der Waals surface area contributed by atoms with Gasteiger partial charge in [-0.3, -0.25) is 4.79 Å². The molecule has 2 saturated carbocycles. The number of hydrogen-bond acceptors (Lipinski definition) is 1. The predicted molar refractivity (Wildman–Crippen MR) is 71.7 cm³/mol. The third-order valence-electron chi connectivity index (χ3n) is 4.93. The highest BCUT2D eigenvalue weighted by Crippen LogP contribution is 2.52. The van der Waals surface area contributed by atoms with Crippen molar-refractivity contribution < 1.29 is 4.79 Å². The number of hydrogen-bond donors (Lipinski definition) is 0. The highest BCUT2D eigenvalue weighted by atomic mass is 16.2. The summed E-state index contributed by atoms with van der Waals surface area (Å²) < 4.78 is 0. The van der Waals surface area contributed by atoms with Crippen molar-refractivity contribution in [2.24, 2.45) is 0 Å². The van der Waals surface area contributed by atoms with Crippen LogP contribution in [0.4, 0.5) is 5.69 Å². The van der Waals surface area contributed by atoms with Crippen molar-refractivity contribution in [3.63, 3.8) is 0 Å². The van der Waals surface area contributed by atoms with Crippen molar-refractivity contribution in [2.75, 3.05) is 4.90 Å². The molecule has 2 fully saturated rings. The van der Waals surface area contributed by atoms with E-state index in [1.807, 2.05) is 0 Å². The lowest BCUT2D eigenvalue weighted by Crippen LogP contribution is -2.42. The topological polar surface area (TPSA) is 20.3 Å². The molecule has 1 spiro atoms. The SMILES string of the molecule is O=C1N(C2CC2)c2ccccc2C12CCCCC2. The molecule has 1 amide bonds. The largest absolute Gasteiger partial charge is 0.308 e. The number of carbonyl (C=O) groups is 1. The van der Waals surface area contributed by atoms with Gasteiger partial charge >= 0.3 is 0 Å². The molecule has 4 rings (SSSR count). The van der Waals surface area contributed by atoms with E-state index in [1.54, 1.807) is 0 Å². The minimum Gasteiger partial charge on any atom is -0.308 e. The summed E-state index contributed by atoms with van der Waals surface area (Å²) >= 11 is 0. The van der Waals surface area contributed by atoms with Crippen LogP contribution in [0.2, 0.25) is 0 Å². The Bertz CT molecular complexity index is 498. The molecule has 0 bridgehead atoms. The van der Waals surface area contributed by atoms with E-state index >= 15 is 0 Å². The molecule has 0 unspecified atom stereocenters. The van der Waals surface area contributed by atoms with Crippen LogP contribution in [0.5, 0.6) is 0 Å². The molecule has 2 nitrogen and oxygen atoms in total. The van der Waals surface area contributed by atoms with Gasteiger partial charge in [-0.15, -0.1) is 0 Å². The van der Waals surface area contributed by atoms with Crippen molar-refractivity contribution in [3.8, 4) is 0 Å². The van der Waals surface area contributed by atoms with Crippen LogP contribution in [-0.4, -0.2) is 11.9 Å². The van der Waals surface area contributed by atoms with Crippen molar-refractivity contribution in [3.05, 3.63) is 29.8 Å². The standard InChI is InChI=1S/C16H19NO/c18-15-16(10-4-1-5-11-16)13-6-2-3-7-14(13)17(15)12-8-9-12/h2-3,6-7,12H,1,4-5,8-11H2. The van der Waals surface area contributed by atoms with Gasteiger partial charge in [-0.1, -0.05) is 37.5 Å². The highest BCUT2D eigenvalue weighted by Gasteiger charge is 2.53. The molecule has 18 heavy (non-hydrogen) atoms. The number of carbonyl (C=O) groups excluding carboxylic acids is 1. The van der Waals surface area contributed by atoms with E-state index in [2.05, 4.69) is 29.2 Å². The van der Waals surface area contributed by atoms with Crippen LogP contribution in [-0.2, 0) is 10.2 Å². The van der Waals surface area contributed by atoms with E-state index in [1.165, 1.54) is 43.4 Å². The van der Waals surface area contributed by atoms with Gasteiger partial charge < -0.3 is 4.90 Å². The van der Waals surface area contributed by atoms with E-state index in [9.17, 15) is 4.79 Å². The van der Waals surface area contributed by atoms with Gasteiger partial charge in [0.2, 0.25) is 5.91 Å². The molecular formula is C16H19NO. The second kappa shape index (κ2) is 3.59. The second-order valence-corrected chi connectivity index (χ2v) is 6.07. The van der Waals surface area contributed by atoms with Crippen molar-refractivity contribution in [1.82, 2.24) is 0 Å². The quantitative estimate of drug-likeness (QED) is 0.738. The lowest BCUT2D eigenvalue weighted by atomic mass is 9.70. The smallest absolute Gasteiger partial charge is 0.237 e. The van der Waals surface area contributed by atoms with Crippen molar-refractivity contribution >= 4 is 11.6 Å². The number of rotatable bonds is 1. The predicted octanol–water partition coefficient (Wildman–Crippen LogP) is 3.40. The number of para-hydroxylation sites is 1. The molecule has 0 atom stereocenters. The average molecular weight is 241 g/mol. The van der Waals surface area contributed by atoms with Crippen molar-refractivity contribution in [2.45, 2.75) is 56.4 Å². The number of nitrogens with zero attached hydrogens (tertiary/aromatic N) is 1. The monoisotopic (exact) mass is 241 g/mol. The Labute approximate surface area is 108 Å². The molecule has 3 aliphatic rings. The van der Waals surface area contributed by atoms with Gasteiger partial charge in [-0.2, -0.15) is 0 Å². The molecule has 0 aromatic heterocycles. The van der Waals surface area contributed by atoms with Crippen molar-refractivity contribution in [1.29, 1.82) is 0 Å². The van der Waals surface area contributed by atoms with Gasteiger partial charge in [0, 0.05) is 11.7 Å². The zero-order valence-electron chi connectivity index (χ0n) is 10.7. The van der Waals surface area contributed by atoms with E-state index in [-0.39, 0.29) is 5.41 Å². The van der Waals surface area contributed by atoms with E-state index in [0.29, 0.717) is 11.9 Å². The molecule has 1 aromatic carbocycles. The zero-order valence-corrected chi connectivity index (χ0v) is 10.7. The normalized spacial score (nSPS) is 25.6. The fourth-order valence-electron chi connectivity index (χ4n) is 3.88. The maximum absolute atomic E-state index is 12.9. The Morgan fingerprint density at radius 3 is 2.50 bits per heavy atom. The van der Waals surface area contributed by atoms with Gasteiger partial charge in [-0.05, 0) is 37.3 Å². The lowest BCUT2D eigenvalue weighted by Gasteiger charge is -2.32. The Morgan fingerprint density at radius 1 is 1.06 bits per heavy atom. The first-order chi connectivity index (χ1) is 8.83. The van der Waals surface area contributed by atoms with Gasteiger partial charge in [0.1, 0.15) is 0 Å². The molecule has 1 aliphatic heterocycles. The number of amides is 1. The van der Waals surface area contributed by atoms with Gasteiger partial charge in [0.05, 0.1) is 5.41 Å². The maximum atomic E-state index is 12.9. The number of benzene rings is 1. The van der Waals surface area contributed by atoms with Crippen LogP contribution in [0.1, 0.15) is 50.5 Å². The first-order valence-corrected chi connectivity index (χ1v) is 7.26. The molecule has 0 saturated heterocycles. The fraction of sp³-hybridized carbons (Fsp3) is 0.562. The van der Waals surface area contributed by atoms with Crippen LogP contribution in [0.15, 0.2) is 24.3 Å². The Kier molecular flexibility index (Phi) is 2.12. The molecule has 94 valence electrons. The minimum absolute atomic E-state index is 0.155. The summed E-state index contributed by atoms with van der Waals surface area (Å²) in [7, 11) is 0. The molecule has 0 radical (unpaired) electrons. The molecular weight excluding hydrogens is 222 g/mol. The Morgan fingerprint density at radius 2 is 1.78 bits per heavy atom. The first kappa shape index (κ1) is 10.6. The van der Waals surface area contributed by atoms with E-state index in [4.69, 9.17) is 0 Å². The fourth-order valence-corrected chi connectivity index (χ4v) is 3.88. The van der Waals surface area contributed by atoms with E-state index in [0.717, 1.165) is 12.8 Å². The van der Waals surface area contributed by atoms with Crippen LogP contribution in [0, 0.1) is 0 Å². The number of fused-ring (bicyclic) bond motifs is 2. The summed E-state index contributed by atoms with van der Waals surface area (Å²) in [6, 6.07) is 9.01. The maximum Gasteiger partial charge on any atom is 0.237 e. The van der Waals surface area contributed by atoms with Crippen LogP contribution in [0.25, 0.3) is 0 Å². The Hall–Kier alpha value is -1.31. The third kappa shape index (κ3) is 1.26. The van der Waals surface area contributed by atoms with Crippen LogP contribution < -0.4 is 4.90 Å². The summed E-state index contributed by atoms with van der Waals surface area (Å²) in [5.74, 6) is 0.408. The summed E-state index contributed by atoms with van der Waals surface area (Å²) in [6.07, 6.45) is 8.21. The summed E-state index contributed by atoms with van der Waals surface area (Å²) in [5, 5.41) is 0. The first-order valence-electron chi connectivity index (χ1n) is 7.26. The van der Waals surface area contributed by atoms with Crippen LogP contribution in [0.3, 0.4) is 0 Å². The Balaban J connectivity index is 1.86. The van der Waals surface area contributed by atoms with Gasteiger partial charge in [0.15, 0.2) is 0 Å². The van der Waals surface area contributed by atoms with E-state index < -0.39 is 0 Å².